The molecule has 14 heteroatoms. The van der Waals surface area contributed by atoms with Crippen LogP contribution in [0.25, 0.3) is 0 Å². The van der Waals surface area contributed by atoms with Crippen LogP contribution in [0.2, 0.25) is 0 Å². The minimum absolute atomic E-state index is 0.0395. The third-order valence-electron chi connectivity index (χ3n) is 11.8. The van der Waals surface area contributed by atoms with Gasteiger partial charge in [-0.1, -0.05) is 18.2 Å². The minimum Gasteiger partial charge on any atom is -0.497 e. The molecular formula is C38H48F5N3O6. The monoisotopic (exact) mass is 737 g/mol. The first kappa shape index (κ1) is 38.2. The Kier molecular flexibility index (Phi) is 11.1. The second-order valence-electron chi connectivity index (χ2n) is 14.9. The van der Waals surface area contributed by atoms with Crippen LogP contribution < -0.4 is 9.64 Å². The molecule has 1 aliphatic carbocycles. The molecule has 4 aliphatic rings. The number of carbonyl (C=O) groups excluding carboxylic acids is 1. The Hall–Kier alpha value is -3.49. The highest BCUT2D eigenvalue weighted by molar-refractivity contribution is 5.88. The molecule has 1 saturated carbocycles. The van der Waals surface area contributed by atoms with Gasteiger partial charge < -0.3 is 29.1 Å². The van der Waals surface area contributed by atoms with Gasteiger partial charge in [0.25, 0.3) is 5.91 Å². The third kappa shape index (κ3) is 7.48. The number of anilines is 1. The number of carbonyl (C=O) groups is 2. The molecule has 3 aliphatic heterocycles. The summed E-state index contributed by atoms with van der Waals surface area (Å²) in [6, 6.07) is 10.1. The van der Waals surface area contributed by atoms with Gasteiger partial charge in [0.1, 0.15) is 5.75 Å². The molecule has 4 fully saturated rings. The van der Waals surface area contributed by atoms with Gasteiger partial charge in [0.05, 0.1) is 37.8 Å². The fraction of sp³-hybridized carbons (Fsp3) is 0.632. The van der Waals surface area contributed by atoms with Crippen LogP contribution >= 0.6 is 0 Å². The van der Waals surface area contributed by atoms with Gasteiger partial charge in [0, 0.05) is 70.5 Å². The van der Waals surface area contributed by atoms with Crippen LogP contribution in [-0.2, 0) is 25.2 Å². The zero-order valence-corrected chi connectivity index (χ0v) is 29.8. The fourth-order valence-electron chi connectivity index (χ4n) is 8.91. The molecule has 0 spiro atoms. The number of halogens is 5. The van der Waals surface area contributed by atoms with Gasteiger partial charge in [-0.15, -0.1) is 0 Å². The van der Waals surface area contributed by atoms with E-state index in [0.29, 0.717) is 11.3 Å². The first-order valence-electron chi connectivity index (χ1n) is 18.0. The Morgan fingerprint density at radius 1 is 0.885 bits per heavy atom. The van der Waals surface area contributed by atoms with E-state index in [1.807, 2.05) is 4.90 Å². The van der Waals surface area contributed by atoms with Crippen LogP contribution in [0.1, 0.15) is 67.1 Å². The Bertz CT molecular complexity index is 1580. The van der Waals surface area contributed by atoms with Crippen LogP contribution in [0.3, 0.4) is 0 Å². The van der Waals surface area contributed by atoms with Crippen LogP contribution in [0.4, 0.5) is 27.6 Å². The summed E-state index contributed by atoms with van der Waals surface area (Å²) in [5.41, 5.74) is -4.62. The summed E-state index contributed by atoms with van der Waals surface area (Å²) in [5, 5.41) is 9.51. The second kappa shape index (κ2) is 15.1. The molecule has 3 heterocycles. The number of amides is 1. The predicted octanol–water partition coefficient (Wildman–Crippen LogP) is 6.06. The van der Waals surface area contributed by atoms with Gasteiger partial charge in [-0.05, 0) is 73.9 Å². The largest absolute Gasteiger partial charge is 0.497 e. The van der Waals surface area contributed by atoms with Crippen molar-refractivity contribution >= 4 is 17.6 Å². The first-order chi connectivity index (χ1) is 24.7. The molecule has 286 valence electrons. The maximum absolute atomic E-state index is 17.8. The third-order valence-corrected chi connectivity index (χ3v) is 11.8. The summed E-state index contributed by atoms with van der Waals surface area (Å²) in [6.45, 7) is -0.845. The van der Waals surface area contributed by atoms with E-state index in [4.69, 9.17) is 14.2 Å². The van der Waals surface area contributed by atoms with Crippen molar-refractivity contribution in [1.29, 1.82) is 0 Å². The Morgan fingerprint density at radius 2 is 1.56 bits per heavy atom. The fourth-order valence-corrected chi connectivity index (χ4v) is 8.91. The quantitative estimate of drug-likeness (QED) is 0.295. The number of methoxy groups -OCH3 is 3. The molecule has 1 amide bonds. The van der Waals surface area contributed by atoms with Gasteiger partial charge in [0.2, 0.25) is 5.67 Å². The number of piperidine rings is 1. The van der Waals surface area contributed by atoms with E-state index in [2.05, 4.69) is 0 Å². The molecule has 1 N–H and O–H groups in total. The maximum atomic E-state index is 17.8. The molecule has 52 heavy (non-hydrogen) atoms. The van der Waals surface area contributed by atoms with Crippen LogP contribution in [0, 0.1) is 5.92 Å². The number of hydrogen-bond acceptors (Lipinski definition) is 7. The van der Waals surface area contributed by atoms with Crippen molar-refractivity contribution in [2.75, 3.05) is 72.1 Å². The topological polar surface area (TPSA) is 91.8 Å². The lowest BCUT2D eigenvalue weighted by molar-refractivity contribution is -0.144. The summed E-state index contributed by atoms with van der Waals surface area (Å²) >= 11 is 0. The number of aliphatic carboxylic acids is 1. The lowest BCUT2D eigenvalue weighted by Crippen LogP contribution is -2.51. The average molecular weight is 738 g/mol. The number of alkyl halides is 5. The van der Waals surface area contributed by atoms with Gasteiger partial charge >= 0.3 is 12.1 Å². The van der Waals surface area contributed by atoms with Gasteiger partial charge in [-0.2, -0.15) is 13.2 Å². The summed E-state index contributed by atoms with van der Waals surface area (Å²) in [5.74, 6) is -3.90. The number of carboxylic acids is 1. The number of carboxylic acid groups (broad SMARTS) is 1. The van der Waals surface area contributed by atoms with E-state index in [9.17, 15) is 27.9 Å². The standard InChI is InChI=1S/C38H48F5N3O6/c1-50-23-36(39)21-46(20-32(36)30-13-6-26(38(41,42)43)18-33(30)44-16-14-25(15-17-44)34(47)48)35(49)37(40)22-45(27-7-11-29(52-3)12-8-27)19-31(37)24-4-9-28(51-2)10-5-24/h4-6,9-10,13,18,25,27,29,31-32H,7-8,11-12,14-17,19-23H2,1-3H3,(H,47,48)/t27?,29?,31-,32+,36-,37-/m0/s1. The summed E-state index contributed by atoms with van der Waals surface area (Å²) in [4.78, 5) is 31.1. The predicted molar refractivity (Wildman–Crippen MR) is 183 cm³/mol. The highest BCUT2D eigenvalue weighted by Gasteiger charge is 2.60. The van der Waals surface area contributed by atoms with Crippen molar-refractivity contribution in [2.24, 2.45) is 5.92 Å². The second-order valence-corrected chi connectivity index (χ2v) is 14.9. The molecule has 0 unspecified atom stereocenters. The number of ether oxygens (including phenoxy) is 3. The average Bonchev–Trinajstić information content (AvgIpc) is 3.68. The lowest BCUT2D eigenvalue weighted by Gasteiger charge is -2.36. The summed E-state index contributed by atoms with van der Waals surface area (Å²) in [7, 11) is 4.51. The zero-order chi connectivity index (χ0) is 37.4. The molecule has 9 nitrogen and oxygen atoms in total. The highest BCUT2D eigenvalue weighted by atomic mass is 19.4. The van der Waals surface area contributed by atoms with E-state index in [0.717, 1.165) is 37.8 Å². The van der Waals surface area contributed by atoms with E-state index < -0.39 is 65.9 Å². The van der Waals surface area contributed by atoms with Crippen LogP contribution in [0.5, 0.6) is 5.75 Å². The Balaban J connectivity index is 1.33. The van der Waals surface area contributed by atoms with E-state index in [-0.39, 0.29) is 69.0 Å². The van der Waals surface area contributed by atoms with Crippen LogP contribution in [0.15, 0.2) is 42.5 Å². The maximum Gasteiger partial charge on any atom is 0.416 e. The molecular weight excluding hydrogens is 689 g/mol. The number of benzene rings is 2. The molecule has 0 radical (unpaired) electrons. The number of nitrogens with zero attached hydrogens (tertiary/aromatic N) is 3. The molecule has 2 aromatic carbocycles. The normalized spacial score (nSPS) is 30.5. The number of rotatable bonds is 10. The van der Waals surface area contributed by atoms with Crippen molar-refractivity contribution in [3.8, 4) is 5.75 Å². The molecule has 0 aromatic heterocycles. The molecule has 2 aromatic rings. The molecule has 4 atom stereocenters. The highest BCUT2D eigenvalue weighted by Crippen LogP contribution is 2.49. The SMILES string of the molecule is COC[C@@]1(F)CN(C(=O)[C@]2(F)CN(C3CCC(OC)CC3)C[C@H]2c2ccc(OC)cc2)C[C@@H]1c1ccc(C(F)(F)F)cc1N1CCC(C(=O)O)CC1. The van der Waals surface area contributed by atoms with Gasteiger partial charge in [-0.25, -0.2) is 8.78 Å². The molecule has 3 saturated heterocycles. The minimum atomic E-state index is -4.68. The number of hydrogen-bond donors (Lipinski definition) is 1. The van der Waals surface area contributed by atoms with E-state index in [1.54, 1.807) is 36.3 Å². The number of likely N-dealkylation sites (tertiary alicyclic amines) is 2. The lowest BCUT2D eigenvalue weighted by atomic mass is 9.84. The van der Waals surface area contributed by atoms with Crippen molar-refractivity contribution < 1.29 is 50.9 Å². The Morgan fingerprint density at radius 3 is 2.13 bits per heavy atom. The van der Waals surface area contributed by atoms with Gasteiger partial charge in [0.15, 0.2) is 5.67 Å². The van der Waals surface area contributed by atoms with E-state index in [1.165, 1.54) is 25.2 Å². The Labute approximate surface area is 301 Å². The van der Waals surface area contributed by atoms with Crippen molar-refractivity contribution in [3.05, 3.63) is 59.2 Å². The zero-order valence-electron chi connectivity index (χ0n) is 29.8. The van der Waals surface area contributed by atoms with Crippen molar-refractivity contribution in [3.63, 3.8) is 0 Å². The van der Waals surface area contributed by atoms with Crippen LogP contribution in [-0.4, -0.2) is 117 Å². The molecule has 0 bridgehead atoms. The van der Waals surface area contributed by atoms with Crippen molar-refractivity contribution in [1.82, 2.24) is 9.80 Å². The van der Waals surface area contributed by atoms with E-state index >= 15 is 8.78 Å². The summed E-state index contributed by atoms with van der Waals surface area (Å²) in [6.07, 6.45) is -0.936. The van der Waals surface area contributed by atoms with Gasteiger partial charge in [-0.3, -0.25) is 14.5 Å². The smallest absolute Gasteiger partial charge is 0.416 e. The van der Waals surface area contributed by atoms with Crippen molar-refractivity contribution in [2.45, 2.75) is 80.0 Å². The molecule has 6 rings (SSSR count). The summed E-state index contributed by atoms with van der Waals surface area (Å²) < 4.78 is 93.2. The first-order valence-corrected chi connectivity index (χ1v) is 18.0.